The summed E-state index contributed by atoms with van der Waals surface area (Å²) >= 11 is 2.02. The molecule has 1 unspecified atom stereocenters. The molecule has 0 aromatic carbocycles. The van der Waals surface area contributed by atoms with Gasteiger partial charge in [0, 0.05) is 19.6 Å². The van der Waals surface area contributed by atoms with Crippen LogP contribution in [-0.4, -0.2) is 23.5 Å². The molecular formula is C16H33NOS. The van der Waals surface area contributed by atoms with Crippen LogP contribution >= 0.6 is 11.8 Å². The summed E-state index contributed by atoms with van der Waals surface area (Å²) in [6.45, 7) is 11.8. The van der Waals surface area contributed by atoms with E-state index in [1.54, 1.807) is 0 Å². The van der Waals surface area contributed by atoms with E-state index >= 15 is 0 Å². The van der Waals surface area contributed by atoms with E-state index in [9.17, 15) is 4.79 Å². The zero-order chi connectivity index (χ0) is 14.5. The minimum Gasteiger partial charge on any atom is -0.353 e. The molecule has 1 aliphatic heterocycles. The number of amides is 1. The van der Waals surface area contributed by atoms with Crippen LogP contribution in [0.4, 0.5) is 0 Å². The van der Waals surface area contributed by atoms with Crippen LogP contribution in [0.1, 0.15) is 68.1 Å². The number of rotatable bonds is 8. The maximum absolute atomic E-state index is 11.2. The fourth-order valence-corrected chi connectivity index (χ4v) is 4.26. The maximum Gasteiger partial charge on any atom is 0.220 e. The van der Waals surface area contributed by atoms with Crippen molar-refractivity contribution in [3.05, 3.63) is 0 Å². The van der Waals surface area contributed by atoms with E-state index in [2.05, 4.69) is 39.9 Å². The first-order valence-electron chi connectivity index (χ1n) is 7.67. The number of carbonyl (C=O) groups is 1. The van der Waals surface area contributed by atoms with Crippen LogP contribution in [0.5, 0.6) is 0 Å². The predicted molar refractivity (Wildman–Crippen MR) is 87.7 cm³/mol. The second-order valence-electron chi connectivity index (χ2n) is 7.18. The van der Waals surface area contributed by atoms with Crippen molar-refractivity contribution in [2.45, 2.75) is 72.8 Å². The molecule has 0 aromatic heterocycles. The first-order valence-corrected chi connectivity index (χ1v) is 8.83. The third-order valence-electron chi connectivity index (χ3n) is 4.57. The minimum absolute atomic E-state index is 0. The van der Waals surface area contributed by atoms with Gasteiger partial charge in [0.05, 0.1) is 0 Å². The molecule has 2 atom stereocenters. The van der Waals surface area contributed by atoms with Crippen LogP contribution in [0, 0.1) is 10.8 Å². The Labute approximate surface area is 125 Å². The van der Waals surface area contributed by atoms with Crippen LogP contribution in [0.3, 0.4) is 0 Å². The zero-order valence-corrected chi connectivity index (χ0v) is 14.2. The normalized spacial score (nSPS) is 23.2. The topological polar surface area (TPSA) is 29.1 Å². The summed E-state index contributed by atoms with van der Waals surface area (Å²) in [6, 6.07) is 0.415. The van der Waals surface area contributed by atoms with Crippen LogP contribution in [0.15, 0.2) is 0 Å². The van der Waals surface area contributed by atoms with E-state index in [1.807, 2.05) is 11.8 Å². The molecule has 0 radical (unpaired) electrons. The van der Waals surface area contributed by atoms with Gasteiger partial charge in [0.1, 0.15) is 0 Å². The third kappa shape index (κ3) is 5.76. The van der Waals surface area contributed by atoms with Crippen LogP contribution in [0.2, 0.25) is 0 Å². The molecular weight excluding hydrogens is 254 g/mol. The van der Waals surface area contributed by atoms with Gasteiger partial charge >= 0.3 is 0 Å². The van der Waals surface area contributed by atoms with Crippen molar-refractivity contribution in [1.82, 2.24) is 5.32 Å². The van der Waals surface area contributed by atoms with E-state index < -0.39 is 0 Å². The molecule has 1 amide bonds. The van der Waals surface area contributed by atoms with Gasteiger partial charge in [0.15, 0.2) is 0 Å². The van der Waals surface area contributed by atoms with Gasteiger partial charge in [-0.25, -0.2) is 0 Å². The highest BCUT2D eigenvalue weighted by Crippen LogP contribution is 2.40. The molecule has 0 spiro atoms. The second-order valence-corrected chi connectivity index (χ2v) is 8.21. The molecule has 1 N–H and O–H groups in total. The van der Waals surface area contributed by atoms with Gasteiger partial charge in [0.2, 0.25) is 5.91 Å². The van der Waals surface area contributed by atoms with Crippen molar-refractivity contribution in [3.63, 3.8) is 0 Å². The van der Waals surface area contributed by atoms with Gasteiger partial charge in [-0.15, -0.1) is 0 Å². The Morgan fingerprint density at radius 2 is 2.00 bits per heavy atom. The summed E-state index contributed by atoms with van der Waals surface area (Å²) in [5, 5.41) is 3.06. The summed E-state index contributed by atoms with van der Waals surface area (Å²) in [5.41, 5.74) is 0.861. The lowest BCUT2D eigenvalue weighted by atomic mass is 9.72. The largest absolute Gasteiger partial charge is 0.353 e. The van der Waals surface area contributed by atoms with Gasteiger partial charge in [-0.1, -0.05) is 41.0 Å². The van der Waals surface area contributed by atoms with Gasteiger partial charge in [-0.3, -0.25) is 4.79 Å². The molecule has 1 rings (SSSR count). The highest BCUT2D eigenvalue weighted by molar-refractivity contribution is 7.99. The van der Waals surface area contributed by atoms with Gasteiger partial charge in [-0.05, 0) is 35.8 Å². The Bertz CT molecular complexity index is 309. The van der Waals surface area contributed by atoms with Crippen LogP contribution in [0.25, 0.3) is 0 Å². The van der Waals surface area contributed by atoms with Crippen molar-refractivity contribution in [2.24, 2.45) is 10.8 Å². The zero-order valence-electron chi connectivity index (χ0n) is 13.3. The number of carbonyl (C=O) groups excluding carboxylic acids is 1. The van der Waals surface area contributed by atoms with Gasteiger partial charge in [0.25, 0.3) is 0 Å². The third-order valence-corrected chi connectivity index (χ3v) is 6.11. The number of hydrogen-bond acceptors (Lipinski definition) is 2. The number of nitrogens with one attached hydrogen (secondary N) is 1. The van der Waals surface area contributed by atoms with Crippen molar-refractivity contribution in [3.8, 4) is 0 Å². The SMILES string of the molecule is CCC(C)(C)CC(C)(CC)CSC[C@@H]1CCC(=O)N1.[HH]. The highest BCUT2D eigenvalue weighted by Gasteiger charge is 2.30. The fourth-order valence-electron chi connectivity index (χ4n) is 2.81. The summed E-state index contributed by atoms with van der Waals surface area (Å²) in [4.78, 5) is 11.2. The number of thioether (sulfide) groups is 1. The molecule has 1 aliphatic rings. The average molecular weight is 288 g/mol. The van der Waals surface area contributed by atoms with E-state index in [0.717, 1.165) is 18.6 Å². The average Bonchev–Trinajstić information content (AvgIpc) is 2.74. The Morgan fingerprint density at radius 1 is 1.32 bits per heavy atom. The second kappa shape index (κ2) is 7.01. The fraction of sp³-hybridized carbons (Fsp3) is 0.938. The molecule has 0 saturated carbocycles. The highest BCUT2D eigenvalue weighted by atomic mass is 32.2. The van der Waals surface area contributed by atoms with Crippen molar-refractivity contribution in [1.29, 1.82) is 0 Å². The van der Waals surface area contributed by atoms with E-state index in [0.29, 0.717) is 16.9 Å². The minimum atomic E-state index is 0. The summed E-state index contributed by atoms with van der Waals surface area (Å²) in [5.74, 6) is 2.52. The Morgan fingerprint density at radius 3 is 2.47 bits per heavy atom. The molecule has 0 bridgehead atoms. The summed E-state index contributed by atoms with van der Waals surface area (Å²) in [7, 11) is 0. The quantitative estimate of drug-likeness (QED) is 0.713. The van der Waals surface area contributed by atoms with Gasteiger partial charge < -0.3 is 5.32 Å². The molecule has 1 saturated heterocycles. The monoisotopic (exact) mass is 287 g/mol. The van der Waals surface area contributed by atoms with E-state index in [-0.39, 0.29) is 7.33 Å². The predicted octanol–water partition coefficient (Wildman–Crippen LogP) is 4.49. The smallest absolute Gasteiger partial charge is 0.220 e. The van der Waals surface area contributed by atoms with Crippen molar-refractivity contribution >= 4 is 17.7 Å². The van der Waals surface area contributed by atoms with E-state index in [1.165, 1.54) is 25.0 Å². The maximum atomic E-state index is 11.2. The molecule has 1 heterocycles. The lowest BCUT2D eigenvalue weighted by Crippen LogP contribution is -2.30. The lowest BCUT2D eigenvalue weighted by Gasteiger charge is -2.36. The standard InChI is InChI=1S/C16H31NOS.H2/c1-6-15(3,4)11-16(5,7-2)12-19-10-13-8-9-14(18)17-13;/h13H,6-12H2,1-5H3,(H,17,18);1H/t13-,16?;/m0./s1. The molecule has 114 valence electrons. The van der Waals surface area contributed by atoms with Crippen LogP contribution in [-0.2, 0) is 4.79 Å². The first-order chi connectivity index (χ1) is 8.80. The van der Waals surface area contributed by atoms with Gasteiger partial charge in [-0.2, -0.15) is 11.8 Å². The Balaban J connectivity index is 0.00000361. The molecule has 1 fully saturated rings. The Kier molecular flexibility index (Phi) is 6.22. The molecule has 2 nitrogen and oxygen atoms in total. The first kappa shape index (κ1) is 16.9. The van der Waals surface area contributed by atoms with Crippen molar-refractivity contribution < 1.29 is 6.22 Å². The molecule has 0 aromatic rings. The summed E-state index contributed by atoms with van der Waals surface area (Å²) in [6.07, 6.45) is 5.51. The Hall–Kier alpha value is -0.180. The molecule has 0 aliphatic carbocycles. The lowest BCUT2D eigenvalue weighted by molar-refractivity contribution is -0.119. The molecule has 3 heteroatoms. The van der Waals surface area contributed by atoms with E-state index in [4.69, 9.17) is 0 Å². The number of hydrogen-bond donors (Lipinski definition) is 1. The molecule has 19 heavy (non-hydrogen) atoms. The van der Waals surface area contributed by atoms with Crippen LogP contribution < -0.4 is 5.32 Å². The summed E-state index contributed by atoms with van der Waals surface area (Å²) < 4.78 is 0. The van der Waals surface area contributed by atoms with Crippen molar-refractivity contribution in [2.75, 3.05) is 11.5 Å².